The Kier molecular flexibility index (Phi) is 6.96. The van der Waals surface area contributed by atoms with Crippen LogP contribution >= 0.6 is 0 Å². The maximum atomic E-state index is 11.7. The van der Waals surface area contributed by atoms with Gasteiger partial charge in [-0.1, -0.05) is 6.42 Å². The highest BCUT2D eigenvalue weighted by Crippen LogP contribution is 2.25. The second-order valence-electron chi connectivity index (χ2n) is 6.36. The summed E-state index contributed by atoms with van der Waals surface area (Å²) >= 11 is 0. The van der Waals surface area contributed by atoms with Crippen molar-refractivity contribution in [3.8, 4) is 0 Å². The predicted molar refractivity (Wildman–Crippen MR) is 87.9 cm³/mol. The van der Waals surface area contributed by atoms with Crippen LogP contribution in [0.5, 0.6) is 0 Å². The fourth-order valence-corrected chi connectivity index (χ4v) is 2.90. The number of nitrogens with one attached hydrogen (secondary N) is 2. The average molecular weight is 310 g/mol. The summed E-state index contributed by atoms with van der Waals surface area (Å²) in [6, 6.07) is 0. The van der Waals surface area contributed by atoms with E-state index >= 15 is 0 Å². The minimum atomic E-state index is 0.231. The number of ether oxygens (including phenoxy) is 1. The first kappa shape index (κ1) is 17.1. The maximum absolute atomic E-state index is 11.7. The fourth-order valence-electron chi connectivity index (χ4n) is 2.90. The Morgan fingerprint density at radius 3 is 2.64 bits per heavy atom. The predicted octanol–water partition coefficient (Wildman–Crippen LogP) is 0.836. The van der Waals surface area contributed by atoms with Gasteiger partial charge in [-0.15, -0.1) is 0 Å². The van der Waals surface area contributed by atoms with Crippen molar-refractivity contribution in [2.75, 3.05) is 46.9 Å². The third-order valence-corrected chi connectivity index (χ3v) is 4.54. The highest BCUT2D eigenvalue weighted by molar-refractivity contribution is 5.80. The van der Waals surface area contributed by atoms with Crippen molar-refractivity contribution in [1.82, 2.24) is 15.5 Å². The number of hydrogen-bond donors (Lipinski definition) is 2. The van der Waals surface area contributed by atoms with Crippen molar-refractivity contribution in [3.63, 3.8) is 0 Å². The molecule has 126 valence electrons. The molecule has 0 aromatic carbocycles. The third-order valence-electron chi connectivity index (χ3n) is 4.54. The van der Waals surface area contributed by atoms with Crippen molar-refractivity contribution < 1.29 is 9.53 Å². The van der Waals surface area contributed by atoms with Gasteiger partial charge in [0.2, 0.25) is 5.91 Å². The van der Waals surface area contributed by atoms with Crippen LogP contribution < -0.4 is 10.6 Å². The third kappa shape index (κ3) is 5.16. The molecular weight excluding hydrogens is 280 g/mol. The summed E-state index contributed by atoms with van der Waals surface area (Å²) < 4.78 is 5.41. The van der Waals surface area contributed by atoms with Gasteiger partial charge in [0, 0.05) is 52.2 Å². The van der Waals surface area contributed by atoms with Crippen LogP contribution in [0.1, 0.15) is 32.1 Å². The molecule has 1 saturated carbocycles. The van der Waals surface area contributed by atoms with Crippen molar-refractivity contribution in [2.24, 2.45) is 16.8 Å². The Morgan fingerprint density at radius 1 is 1.27 bits per heavy atom. The molecule has 0 radical (unpaired) electrons. The van der Waals surface area contributed by atoms with E-state index in [1.807, 2.05) is 7.05 Å². The number of hydrogen-bond acceptors (Lipinski definition) is 3. The van der Waals surface area contributed by atoms with Crippen LogP contribution in [0.2, 0.25) is 0 Å². The monoisotopic (exact) mass is 310 g/mol. The van der Waals surface area contributed by atoms with Gasteiger partial charge in [0.1, 0.15) is 0 Å². The van der Waals surface area contributed by atoms with E-state index in [1.54, 1.807) is 0 Å². The van der Waals surface area contributed by atoms with Crippen LogP contribution in [0.25, 0.3) is 0 Å². The molecule has 2 aliphatic rings. The zero-order valence-corrected chi connectivity index (χ0v) is 13.9. The van der Waals surface area contributed by atoms with E-state index in [9.17, 15) is 4.79 Å². The molecule has 0 spiro atoms. The maximum Gasteiger partial charge on any atom is 0.223 e. The molecule has 0 aromatic heterocycles. The number of nitrogens with zero attached hydrogens (tertiary/aromatic N) is 2. The smallest absolute Gasteiger partial charge is 0.223 e. The van der Waals surface area contributed by atoms with E-state index in [4.69, 9.17) is 4.74 Å². The first-order chi connectivity index (χ1) is 10.7. The van der Waals surface area contributed by atoms with Crippen molar-refractivity contribution in [1.29, 1.82) is 0 Å². The van der Waals surface area contributed by atoms with Gasteiger partial charge in [0.15, 0.2) is 5.96 Å². The molecule has 1 saturated heterocycles. The molecule has 2 fully saturated rings. The van der Waals surface area contributed by atoms with Gasteiger partial charge >= 0.3 is 0 Å². The van der Waals surface area contributed by atoms with Gasteiger partial charge < -0.3 is 20.3 Å². The summed E-state index contributed by atoms with van der Waals surface area (Å²) in [4.78, 5) is 18.2. The number of guanidine groups is 1. The quantitative estimate of drug-likeness (QED) is 0.415. The lowest BCUT2D eigenvalue weighted by molar-refractivity contribution is -0.127. The molecule has 1 aliphatic heterocycles. The molecule has 6 heteroatoms. The molecule has 1 heterocycles. The lowest BCUT2D eigenvalue weighted by Crippen LogP contribution is -2.42. The summed E-state index contributed by atoms with van der Waals surface area (Å²) in [5.74, 6) is 2.03. The zero-order chi connectivity index (χ0) is 15.8. The standard InChI is InChI=1S/C16H30N4O2/c1-17-16(20(2)11-13-7-10-22-12-13)19-9-4-8-18-15(21)14-5-3-6-14/h13-14H,3-12H2,1-2H3,(H,17,19)(H,18,21). The lowest BCUT2D eigenvalue weighted by atomic mass is 9.85. The van der Waals surface area contributed by atoms with Crippen molar-refractivity contribution in [3.05, 3.63) is 0 Å². The van der Waals surface area contributed by atoms with Crippen molar-refractivity contribution >= 4 is 11.9 Å². The Hall–Kier alpha value is -1.30. The zero-order valence-electron chi connectivity index (χ0n) is 13.9. The summed E-state index contributed by atoms with van der Waals surface area (Å²) in [5, 5.41) is 6.37. The minimum absolute atomic E-state index is 0.231. The first-order valence-electron chi connectivity index (χ1n) is 8.48. The Bertz CT molecular complexity index is 376. The van der Waals surface area contributed by atoms with E-state index in [0.717, 1.165) is 64.5 Å². The minimum Gasteiger partial charge on any atom is -0.381 e. The van der Waals surface area contributed by atoms with Crippen LogP contribution in [0, 0.1) is 11.8 Å². The van der Waals surface area contributed by atoms with Gasteiger partial charge in [0.05, 0.1) is 6.61 Å². The number of rotatable bonds is 7. The summed E-state index contributed by atoms with van der Waals surface area (Å²) in [5.41, 5.74) is 0. The van der Waals surface area contributed by atoms with E-state index in [-0.39, 0.29) is 11.8 Å². The molecule has 0 aromatic rings. The van der Waals surface area contributed by atoms with E-state index < -0.39 is 0 Å². The topological polar surface area (TPSA) is 66.0 Å². The molecule has 1 unspecified atom stereocenters. The largest absolute Gasteiger partial charge is 0.381 e. The Labute approximate surface area is 133 Å². The molecule has 1 atom stereocenters. The van der Waals surface area contributed by atoms with Crippen molar-refractivity contribution in [2.45, 2.75) is 32.1 Å². The highest BCUT2D eigenvalue weighted by atomic mass is 16.5. The molecule has 22 heavy (non-hydrogen) atoms. The molecular formula is C16H30N4O2. The van der Waals surface area contributed by atoms with Gasteiger partial charge in [-0.05, 0) is 25.7 Å². The SMILES string of the molecule is CN=C(NCCCNC(=O)C1CCC1)N(C)CC1CCOC1. The second-order valence-corrected chi connectivity index (χ2v) is 6.36. The number of carbonyl (C=O) groups excluding carboxylic acids is 1. The molecule has 1 amide bonds. The van der Waals surface area contributed by atoms with E-state index in [1.165, 1.54) is 6.42 Å². The fraction of sp³-hybridized carbons (Fsp3) is 0.875. The van der Waals surface area contributed by atoms with Gasteiger partial charge in [0.25, 0.3) is 0 Å². The summed E-state index contributed by atoms with van der Waals surface area (Å²) in [6.45, 7) is 4.26. The van der Waals surface area contributed by atoms with E-state index in [2.05, 4.69) is 27.6 Å². The second kappa shape index (κ2) is 8.98. The summed E-state index contributed by atoms with van der Waals surface area (Å²) in [6.07, 6.45) is 5.37. The number of amides is 1. The number of aliphatic imine (C=N–C) groups is 1. The van der Waals surface area contributed by atoms with Crippen LogP contribution in [0.3, 0.4) is 0 Å². The molecule has 6 nitrogen and oxygen atoms in total. The molecule has 1 aliphatic carbocycles. The lowest BCUT2D eigenvalue weighted by Gasteiger charge is -2.25. The number of carbonyl (C=O) groups is 1. The molecule has 2 rings (SSSR count). The normalized spacial score (nSPS) is 22.3. The van der Waals surface area contributed by atoms with Gasteiger partial charge in [-0.3, -0.25) is 9.79 Å². The molecule has 2 N–H and O–H groups in total. The average Bonchev–Trinajstić information content (AvgIpc) is 2.93. The molecule has 0 bridgehead atoms. The van der Waals surface area contributed by atoms with Crippen LogP contribution in [0.15, 0.2) is 4.99 Å². The first-order valence-corrected chi connectivity index (χ1v) is 8.48. The Balaban J connectivity index is 1.56. The van der Waals surface area contributed by atoms with Crippen LogP contribution in [0.4, 0.5) is 0 Å². The van der Waals surface area contributed by atoms with Crippen LogP contribution in [-0.4, -0.2) is 63.7 Å². The highest BCUT2D eigenvalue weighted by Gasteiger charge is 2.24. The van der Waals surface area contributed by atoms with Crippen LogP contribution in [-0.2, 0) is 9.53 Å². The van der Waals surface area contributed by atoms with Gasteiger partial charge in [-0.25, -0.2) is 0 Å². The van der Waals surface area contributed by atoms with Gasteiger partial charge in [-0.2, -0.15) is 0 Å². The Morgan fingerprint density at radius 2 is 2.05 bits per heavy atom. The summed E-state index contributed by atoms with van der Waals surface area (Å²) in [7, 11) is 3.87. The van der Waals surface area contributed by atoms with E-state index in [0.29, 0.717) is 5.92 Å².